The van der Waals surface area contributed by atoms with Crippen molar-refractivity contribution in [3.63, 3.8) is 0 Å². The van der Waals surface area contributed by atoms with Gasteiger partial charge in [0.1, 0.15) is 5.82 Å². The molecule has 1 aromatic carbocycles. The summed E-state index contributed by atoms with van der Waals surface area (Å²) < 4.78 is 13.7. The highest BCUT2D eigenvalue weighted by atomic mass is 35.5. The first-order valence-electron chi connectivity index (χ1n) is 6.64. The van der Waals surface area contributed by atoms with Gasteiger partial charge in [-0.1, -0.05) is 17.7 Å². The van der Waals surface area contributed by atoms with Crippen molar-refractivity contribution in [3.8, 4) is 0 Å². The lowest BCUT2D eigenvalue weighted by molar-refractivity contribution is -0.122. The molecule has 0 aromatic heterocycles. The van der Waals surface area contributed by atoms with E-state index in [1.54, 1.807) is 12.1 Å². The van der Waals surface area contributed by atoms with Crippen LogP contribution in [0.15, 0.2) is 18.2 Å². The Morgan fingerprint density at radius 2 is 2.25 bits per heavy atom. The maximum absolute atomic E-state index is 13.7. The fraction of sp³-hybridized carbons (Fsp3) is 0.500. The van der Waals surface area contributed by atoms with Gasteiger partial charge >= 0.3 is 0 Å². The molecule has 6 heteroatoms. The summed E-state index contributed by atoms with van der Waals surface area (Å²) >= 11 is 6.03. The van der Waals surface area contributed by atoms with Gasteiger partial charge in [0.2, 0.25) is 5.91 Å². The number of rotatable bonds is 3. The molecular formula is C14H17Cl2FN2O. The molecule has 3 unspecified atom stereocenters. The van der Waals surface area contributed by atoms with E-state index in [0.29, 0.717) is 10.6 Å². The minimum absolute atomic E-state index is 0. The zero-order chi connectivity index (χ0) is 13.4. The van der Waals surface area contributed by atoms with E-state index in [9.17, 15) is 9.18 Å². The lowest BCUT2D eigenvalue weighted by Gasteiger charge is -2.11. The van der Waals surface area contributed by atoms with Gasteiger partial charge in [-0.15, -0.1) is 12.4 Å². The fourth-order valence-corrected chi connectivity index (χ4v) is 3.03. The first-order chi connectivity index (χ1) is 9.16. The smallest absolute Gasteiger partial charge is 0.237 e. The van der Waals surface area contributed by atoms with E-state index in [4.69, 9.17) is 11.6 Å². The lowest BCUT2D eigenvalue weighted by atomic mass is 10.1. The van der Waals surface area contributed by atoms with Crippen molar-refractivity contribution >= 4 is 29.9 Å². The highest BCUT2D eigenvalue weighted by Gasteiger charge is 2.43. The Morgan fingerprint density at radius 1 is 1.45 bits per heavy atom. The summed E-state index contributed by atoms with van der Waals surface area (Å²) in [5.41, 5.74) is 0.536. The third kappa shape index (κ3) is 3.08. The molecule has 110 valence electrons. The van der Waals surface area contributed by atoms with Gasteiger partial charge in [-0.25, -0.2) is 4.39 Å². The number of hydrogen-bond donors (Lipinski definition) is 2. The number of nitrogens with one attached hydrogen (secondary N) is 2. The van der Waals surface area contributed by atoms with Crippen molar-refractivity contribution in [2.45, 2.75) is 37.3 Å². The molecule has 0 spiro atoms. The highest BCUT2D eigenvalue weighted by molar-refractivity contribution is 6.31. The molecule has 2 aliphatic rings. The number of carbonyl (C=O) groups is 1. The van der Waals surface area contributed by atoms with Crippen LogP contribution < -0.4 is 10.6 Å². The van der Waals surface area contributed by atoms with Crippen LogP contribution in [0.2, 0.25) is 5.02 Å². The standard InChI is InChI=1S/C14H16ClFN2O.ClH/c15-9-3-1-4-10(16)13(9)8-7-12(8)18-14(19)11-5-2-6-17-11;/h1,3-4,8,11-12,17H,2,5-7H2,(H,18,19);1H. The molecule has 1 saturated heterocycles. The average molecular weight is 319 g/mol. The van der Waals surface area contributed by atoms with Gasteiger partial charge < -0.3 is 10.6 Å². The second kappa shape index (κ2) is 6.29. The second-order valence-corrected chi connectivity index (χ2v) is 5.65. The molecule has 2 fully saturated rings. The summed E-state index contributed by atoms with van der Waals surface area (Å²) in [5.74, 6) is -0.246. The van der Waals surface area contributed by atoms with E-state index in [2.05, 4.69) is 10.6 Å². The minimum Gasteiger partial charge on any atom is -0.351 e. The van der Waals surface area contributed by atoms with Crippen LogP contribution >= 0.6 is 24.0 Å². The molecule has 3 atom stereocenters. The molecule has 3 rings (SSSR count). The summed E-state index contributed by atoms with van der Waals surface area (Å²) in [6.07, 6.45) is 2.67. The van der Waals surface area contributed by atoms with Gasteiger partial charge in [0.25, 0.3) is 0 Å². The molecule has 1 amide bonds. The SMILES string of the molecule is Cl.O=C(NC1CC1c1c(F)cccc1Cl)C1CCCN1. The lowest BCUT2D eigenvalue weighted by Crippen LogP contribution is -2.41. The normalized spacial score (nSPS) is 27.8. The van der Waals surface area contributed by atoms with E-state index in [1.807, 2.05) is 0 Å². The Hall–Kier alpha value is -0.840. The van der Waals surface area contributed by atoms with Crippen LogP contribution in [0.25, 0.3) is 0 Å². The number of amides is 1. The van der Waals surface area contributed by atoms with Crippen LogP contribution in [0, 0.1) is 5.82 Å². The largest absolute Gasteiger partial charge is 0.351 e. The Labute approximate surface area is 128 Å². The molecule has 1 saturated carbocycles. The third-order valence-electron chi connectivity index (χ3n) is 3.87. The first kappa shape index (κ1) is 15.5. The number of hydrogen-bond acceptors (Lipinski definition) is 2. The number of halogens is 3. The second-order valence-electron chi connectivity index (χ2n) is 5.24. The van der Waals surface area contributed by atoms with E-state index in [0.717, 1.165) is 25.8 Å². The van der Waals surface area contributed by atoms with Crippen molar-refractivity contribution in [3.05, 3.63) is 34.6 Å². The highest BCUT2D eigenvalue weighted by Crippen LogP contribution is 2.44. The molecule has 2 N–H and O–H groups in total. The Bertz CT molecular complexity index is 486. The van der Waals surface area contributed by atoms with Gasteiger partial charge in [-0.3, -0.25) is 4.79 Å². The van der Waals surface area contributed by atoms with Gasteiger partial charge in [0.15, 0.2) is 0 Å². The van der Waals surface area contributed by atoms with Crippen LogP contribution in [0.3, 0.4) is 0 Å². The molecule has 20 heavy (non-hydrogen) atoms. The summed E-state index contributed by atoms with van der Waals surface area (Å²) in [5, 5.41) is 6.57. The fourth-order valence-electron chi connectivity index (χ4n) is 2.73. The number of carbonyl (C=O) groups excluding carboxylic acids is 1. The summed E-state index contributed by atoms with van der Waals surface area (Å²) in [7, 11) is 0. The molecule has 3 nitrogen and oxygen atoms in total. The van der Waals surface area contributed by atoms with Gasteiger partial charge in [0, 0.05) is 22.5 Å². The predicted octanol–water partition coefficient (Wildman–Crippen LogP) is 2.62. The Morgan fingerprint density at radius 3 is 2.90 bits per heavy atom. The molecular weight excluding hydrogens is 302 g/mol. The predicted molar refractivity (Wildman–Crippen MR) is 79.0 cm³/mol. The van der Waals surface area contributed by atoms with Gasteiger partial charge in [0.05, 0.1) is 6.04 Å². The molecule has 1 heterocycles. The Kier molecular flexibility index (Phi) is 4.89. The first-order valence-corrected chi connectivity index (χ1v) is 7.02. The van der Waals surface area contributed by atoms with Crippen molar-refractivity contribution in [2.24, 2.45) is 0 Å². The number of benzene rings is 1. The van der Waals surface area contributed by atoms with Gasteiger partial charge in [-0.2, -0.15) is 0 Å². The molecule has 1 aromatic rings. The zero-order valence-electron chi connectivity index (χ0n) is 10.9. The van der Waals surface area contributed by atoms with Crippen LogP contribution in [0.4, 0.5) is 4.39 Å². The molecule has 0 bridgehead atoms. The maximum atomic E-state index is 13.7. The summed E-state index contributed by atoms with van der Waals surface area (Å²) in [4.78, 5) is 11.9. The third-order valence-corrected chi connectivity index (χ3v) is 4.19. The topological polar surface area (TPSA) is 41.1 Å². The average Bonchev–Trinajstić information content (AvgIpc) is 2.92. The monoisotopic (exact) mass is 318 g/mol. The quantitative estimate of drug-likeness (QED) is 0.899. The van der Waals surface area contributed by atoms with E-state index in [-0.39, 0.29) is 42.1 Å². The molecule has 0 radical (unpaired) electrons. The zero-order valence-corrected chi connectivity index (χ0v) is 12.4. The molecule has 1 aliphatic heterocycles. The van der Waals surface area contributed by atoms with Crippen molar-refractivity contribution in [1.82, 2.24) is 10.6 Å². The van der Waals surface area contributed by atoms with Crippen LogP contribution in [-0.4, -0.2) is 24.5 Å². The van der Waals surface area contributed by atoms with E-state index < -0.39 is 0 Å². The summed E-state index contributed by atoms with van der Waals surface area (Å²) in [6.45, 7) is 0.894. The van der Waals surface area contributed by atoms with E-state index >= 15 is 0 Å². The van der Waals surface area contributed by atoms with Crippen LogP contribution in [0.5, 0.6) is 0 Å². The van der Waals surface area contributed by atoms with Crippen molar-refractivity contribution < 1.29 is 9.18 Å². The molecule has 1 aliphatic carbocycles. The van der Waals surface area contributed by atoms with Gasteiger partial charge in [-0.05, 0) is 37.9 Å². The van der Waals surface area contributed by atoms with Crippen LogP contribution in [-0.2, 0) is 4.79 Å². The van der Waals surface area contributed by atoms with Crippen molar-refractivity contribution in [2.75, 3.05) is 6.54 Å². The van der Waals surface area contributed by atoms with Crippen LogP contribution in [0.1, 0.15) is 30.7 Å². The minimum atomic E-state index is -0.284. The summed E-state index contributed by atoms with van der Waals surface area (Å²) in [6, 6.07) is 4.63. The van der Waals surface area contributed by atoms with Crippen molar-refractivity contribution in [1.29, 1.82) is 0 Å². The maximum Gasteiger partial charge on any atom is 0.237 e. The Balaban J connectivity index is 0.00000147. The van der Waals surface area contributed by atoms with E-state index in [1.165, 1.54) is 6.07 Å².